The normalized spacial score (nSPS) is 10.6. The Morgan fingerprint density at radius 2 is 1.88 bits per heavy atom. The largest absolute Gasteiger partial charge is 0.325 e. The number of hydrogen-bond acceptors (Lipinski definition) is 4. The van der Waals surface area contributed by atoms with Gasteiger partial charge in [-0.3, -0.25) is 4.79 Å². The number of hydrogen-bond donors (Lipinski definition) is 2. The molecule has 0 saturated carbocycles. The van der Waals surface area contributed by atoms with Gasteiger partial charge in [0.2, 0.25) is 5.91 Å². The van der Waals surface area contributed by atoms with Crippen LogP contribution in [0.1, 0.15) is 44.0 Å². The fraction of sp³-hybridized carbons (Fsp3) is 0.444. The molecule has 2 aromatic rings. The van der Waals surface area contributed by atoms with Crippen LogP contribution in [0.3, 0.4) is 0 Å². The van der Waals surface area contributed by atoms with E-state index < -0.39 is 0 Å². The van der Waals surface area contributed by atoms with Crippen LogP contribution in [0.25, 0.3) is 0 Å². The number of para-hydroxylation sites is 1. The predicted octanol–water partition coefficient (Wildman–Crippen LogP) is 4.57. The molecule has 0 aliphatic carbocycles. The number of nitrogens with one attached hydrogen (secondary N) is 2. The molecule has 7 heteroatoms. The highest BCUT2D eigenvalue weighted by Crippen LogP contribution is 2.25. The Balaban J connectivity index is 0.00000288. The average molecular weight is 404 g/mol. The molecule has 0 saturated heterocycles. The zero-order valence-corrected chi connectivity index (χ0v) is 17.5. The summed E-state index contributed by atoms with van der Waals surface area (Å²) in [6.07, 6.45) is 0.308. The number of carbonyl (C=O) groups excluding carboxylic acids is 1. The van der Waals surface area contributed by atoms with Crippen LogP contribution < -0.4 is 10.6 Å². The summed E-state index contributed by atoms with van der Waals surface area (Å²) in [5.74, 6) is -0.0280. The van der Waals surface area contributed by atoms with Crippen molar-refractivity contribution >= 4 is 47.7 Å². The third kappa shape index (κ3) is 7.32. The van der Waals surface area contributed by atoms with Crippen molar-refractivity contribution in [2.75, 3.05) is 11.9 Å². The van der Waals surface area contributed by atoms with Crippen molar-refractivity contribution in [2.24, 2.45) is 0 Å². The quantitative estimate of drug-likeness (QED) is 0.741. The molecular weight excluding hydrogens is 377 g/mol. The second-order valence-corrected chi connectivity index (χ2v) is 7.41. The number of nitrogens with zero attached hydrogens (tertiary/aromatic N) is 1. The highest BCUT2D eigenvalue weighted by Gasteiger charge is 2.19. The minimum atomic E-state index is -0.0280. The van der Waals surface area contributed by atoms with Crippen molar-refractivity contribution in [1.29, 1.82) is 0 Å². The summed E-state index contributed by atoms with van der Waals surface area (Å²) < 4.78 is 0. The lowest BCUT2D eigenvalue weighted by Crippen LogP contribution is -2.18. The van der Waals surface area contributed by atoms with Gasteiger partial charge in [-0.2, -0.15) is 0 Å². The van der Waals surface area contributed by atoms with Crippen molar-refractivity contribution in [1.82, 2.24) is 10.3 Å². The molecule has 140 valence electrons. The number of benzene rings is 1. The Kier molecular flexibility index (Phi) is 10.3. The monoisotopic (exact) mass is 403 g/mol. The van der Waals surface area contributed by atoms with Gasteiger partial charge in [0.15, 0.2) is 0 Å². The summed E-state index contributed by atoms with van der Waals surface area (Å²) >= 11 is 1.62. The van der Waals surface area contributed by atoms with E-state index in [9.17, 15) is 4.79 Å². The van der Waals surface area contributed by atoms with E-state index in [1.165, 1.54) is 0 Å². The summed E-state index contributed by atoms with van der Waals surface area (Å²) in [4.78, 5) is 16.9. The number of thiazole rings is 1. The smallest absolute Gasteiger partial charge is 0.230 e. The van der Waals surface area contributed by atoms with Crippen LogP contribution in [-0.4, -0.2) is 17.4 Å². The van der Waals surface area contributed by atoms with Gasteiger partial charge in [0.05, 0.1) is 17.1 Å². The second-order valence-electron chi connectivity index (χ2n) is 6.56. The summed E-state index contributed by atoms with van der Waals surface area (Å²) in [6, 6.07) is 7.88. The van der Waals surface area contributed by atoms with Crippen LogP contribution in [0.4, 0.5) is 5.69 Å². The third-order valence-electron chi connectivity index (χ3n) is 3.39. The number of anilines is 1. The molecule has 1 amide bonds. The maximum absolute atomic E-state index is 12.3. The van der Waals surface area contributed by atoms with Gasteiger partial charge in [-0.05, 0) is 18.2 Å². The van der Waals surface area contributed by atoms with E-state index in [-0.39, 0.29) is 36.1 Å². The van der Waals surface area contributed by atoms with Gasteiger partial charge in [-0.25, -0.2) is 4.98 Å². The molecule has 0 atom stereocenters. The third-order valence-corrected chi connectivity index (χ3v) is 4.71. The summed E-state index contributed by atoms with van der Waals surface area (Å²) in [5.41, 5.74) is 2.82. The van der Waals surface area contributed by atoms with E-state index in [0.717, 1.165) is 35.0 Å². The molecule has 4 nitrogen and oxygen atoms in total. The molecule has 0 spiro atoms. The van der Waals surface area contributed by atoms with Gasteiger partial charge in [0.1, 0.15) is 0 Å². The van der Waals surface area contributed by atoms with E-state index in [1.807, 2.05) is 29.6 Å². The predicted molar refractivity (Wildman–Crippen MR) is 111 cm³/mol. The Morgan fingerprint density at radius 1 is 1.20 bits per heavy atom. The number of rotatable bonds is 6. The van der Waals surface area contributed by atoms with Gasteiger partial charge in [-0.15, -0.1) is 36.2 Å². The molecule has 1 aromatic carbocycles. The first-order chi connectivity index (χ1) is 10.9. The van der Waals surface area contributed by atoms with Gasteiger partial charge < -0.3 is 10.6 Å². The molecule has 0 radical (unpaired) electrons. The van der Waals surface area contributed by atoms with E-state index in [2.05, 4.69) is 43.3 Å². The Bertz CT molecular complexity index is 668. The fourth-order valence-electron chi connectivity index (χ4n) is 2.15. The molecule has 0 fully saturated rings. The molecule has 0 bridgehead atoms. The minimum Gasteiger partial charge on any atom is -0.325 e. The topological polar surface area (TPSA) is 54.0 Å². The Morgan fingerprint density at radius 3 is 2.48 bits per heavy atom. The fourth-order valence-corrected chi connectivity index (χ4v) is 3.05. The van der Waals surface area contributed by atoms with Crippen LogP contribution in [-0.2, 0) is 23.2 Å². The van der Waals surface area contributed by atoms with Gasteiger partial charge in [-0.1, -0.05) is 45.9 Å². The highest BCUT2D eigenvalue weighted by molar-refractivity contribution is 7.09. The van der Waals surface area contributed by atoms with E-state index in [0.29, 0.717) is 6.42 Å². The van der Waals surface area contributed by atoms with Crippen molar-refractivity contribution in [3.8, 4) is 0 Å². The molecule has 25 heavy (non-hydrogen) atoms. The standard InChI is InChI=1S/C18H25N3OS.2ClH/c1-5-19-11-13-8-6-7-9-15(13)21-16(22)10-14-12-23-17(20-14)18(2,3)4;;/h6-9,12,19H,5,10-11H2,1-4H3,(H,21,22);2*1H. The minimum absolute atomic E-state index is 0. The van der Waals surface area contributed by atoms with Gasteiger partial charge in [0.25, 0.3) is 0 Å². The van der Waals surface area contributed by atoms with E-state index >= 15 is 0 Å². The lowest BCUT2D eigenvalue weighted by molar-refractivity contribution is -0.115. The lowest BCUT2D eigenvalue weighted by atomic mass is 9.98. The van der Waals surface area contributed by atoms with Crippen LogP contribution in [0.15, 0.2) is 29.6 Å². The van der Waals surface area contributed by atoms with E-state index in [4.69, 9.17) is 0 Å². The molecule has 2 rings (SSSR count). The first-order valence-corrected chi connectivity index (χ1v) is 8.81. The molecular formula is C18H27Cl2N3OS. The van der Waals surface area contributed by atoms with Crippen LogP contribution in [0, 0.1) is 0 Å². The van der Waals surface area contributed by atoms with Crippen LogP contribution >= 0.6 is 36.2 Å². The second kappa shape index (κ2) is 10.8. The van der Waals surface area contributed by atoms with Crippen LogP contribution in [0.5, 0.6) is 0 Å². The summed E-state index contributed by atoms with van der Waals surface area (Å²) in [5, 5.41) is 9.33. The number of carbonyl (C=O) groups is 1. The van der Waals surface area contributed by atoms with Crippen molar-refractivity contribution in [3.63, 3.8) is 0 Å². The molecule has 2 N–H and O–H groups in total. The maximum Gasteiger partial charge on any atom is 0.230 e. The van der Waals surface area contributed by atoms with E-state index in [1.54, 1.807) is 11.3 Å². The molecule has 0 aliphatic rings. The first-order valence-electron chi connectivity index (χ1n) is 7.93. The lowest BCUT2D eigenvalue weighted by Gasteiger charge is -2.13. The molecule has 1 heterocycles. The number of amides is 1. The van der Waals surface area contributed by atoms with Crippen molar-refractivity contribution in [3.05, 3.63) is 45.9 Å². The van der Waals surface area contributed by atoms with Gasteiger partial charge in [0, 0.05) is 23.0 Å². The first kappa shape index (κ1) is 23.9. The van der Waals surface area contributed by atoms with Gasteiger partial charge >= 0.3 is 0 Å². The highest BCUT2D eigenvalue weighted by atomic mass is 35.5. The summed E-state index contributed by atoms with van der Waals surface area (Å²) in [6.45, 7) is 10.1. The Hall–Kier alpha value is -1.14. The van der Waals surface area contributed by atoms with Crippen LogP contribution in [0.2, 0.25) is 0 Å². The SMILES string of the molecule is CCNCc1ccccc1NC(=O)Cc1csc(C(C)(C)C)n1.Cl.Cl. The summed E-state index contributed by atoms with van der Waals surface area (Å²) in [7, 11) is 0. The number of halogens is 2. The average Bonchev–Trinajstić information content (AvgIpc) is 2.95. The zero-order chi connectivity index (χ0) is 16.9. The van der Waals surface area contributed by atoms with Crippen molar-refractivity contribution in [2.45, 2.75) is 46.1 Å². The number of aromatic nitrogens is 1. The van der Waals surface area contributed by atoms with Crippen molar-refractivity contribution < 1.29 is 4.79 Å². The molecule has 0 aliphatic heterocycles. The Labute approximate surface area is 166 Å². The zero-order valence-electron chi connectivity index (χ0n) is 15.1. The molecule has 0 unspecified atom stereocenters. The maximum atomic E-state index is 12.3. The molecule has 1 aromatic heterocycles.